The van der Waals surface area contributed by atoms with E-state index in [1.54, 1.807) is 24.7 Å². The van der Waals surface area contributed by atoms with Crippen LogP contribution in [0.4, 0.5) is 0 Å². The van der Waals surface area contributed by atoms with Crippen LogP contribution < -0.4 is 5.63 Å². The first-order valence-corrected chi connectivity index (χ1v) is 6.06. The quantitative estimate of drug-likeness (QED) is 0.496. The molecule has 5 nitrogen and oxygen atoms in total. The maximum absolute atomic E-state index is 10.7. The van der Waals surface area contributed by atoms with Crippen LogP contribution in [0.3, 0.4) is 0 Å². The molecule has 0 amide bonds. The van der Waals surface area contributed by atoms with Gasteiger partial charge in [0.1, 0.15) is 5.58 Å². The zero-order valence-electron chi connectivity index (χ0n) is 10.5. The molecule has 0 bridgehead atoms. The number of hydrogen-bond donors (Lipinski definition) is 1. The van der Waals surface area contributed by atoms with Crippen molar-refractivity contribution in [2.45, 2.75) is 0 Å². The fourth-order valence-corrected chi connectivity index (χ4v) is 1.79. The number of rotatable bonds is 0. The Hall–Kier alpha value is -2.95. The molecular weight excluding hydrogens is 254 g/mol. The number of aromatic nitrogens is 3. The van der Waals surface area contributed by atoms with E-state index in [0.717, 1.165) is 16.6 Å². The highest BCUT2D eigenvalue weighted by Crippen LogP contribution is 2.09. The Kier molecular flexibility index (Phi) is 3.24. The molecule has 4 rings (SSSR count). The lowest BCUT2D eigenvalue weighted by Crippen LogP contribution is -1.93. The van der Waals surface area contributed by atoms with Crippen molar-refractivity contribution in [3.8, 4) is 0 Å². The molecule has 1 N–H and O–H groups in total. The molecule has 98 valence electrons. The van der Waals surface area contributed by atoms with Crippen molar-refractivity contribution in [2.75, 3.05) is 0 Å². The predicted molar refractivity (Wildman–Crippen MR) is 76.4 cm³/mol. The smallest absolute Gasteiger partial charge is 0.336 e. The molecule has 0 saturated heterocycles. The molecule has 0 unspecified atom stereocenters. The maximum atomic E-state index is 10.7. The van der Waals surface area contributed by atoms with Gasteiger partial charge in [0.15, 0.2) is 5.65 Å². The van der Waals surface area contributed by atoms with Gasteiger partial charge in [0.05, 0.1) is 11.8 Å². The lowest BCUT2D eigenvalue weighted by molar-refractivity contribution is 0.561. The number of imidazole rings is 1. The largest absolute Gasteiger partial charge is 0.423 e. The third kappa shape index (κ3) is 2.56. The molecule has 3 heterocycles. The monoisotopic (exact) mass is 265 g/mol. The molecule has 4 aromatic rings. The summed E-state index contributed by atoms with van der Waals surface area (Å²) >= 11 is 0. The van der Waals surface area contributed by atoms with Gasteiger partial charge >= 0.3 is 5.63 Å². The molecule has 20 heavy (non-hydrogen) atoms. The minimum absolute atomic E-state index is 0.302. The predicted octanol–water partition coefficient (Wildman–Crippen LogP) is 2.75. The number of nitrogens with zero attached hydrogens (tertiary/aromatic N) is 2. The number of benzene rings is 1. The van der Waals surface area contributed by atoms with Crippen molar-refractivity contribution >= 4 is 22.1 Å². The fraction of sp³-hybridized carbons (Fsp3) is 0. The number of nitrogens with one attached hydrogen (secondary N) is 1. The zero-order valence-corrected chi connectivity index (χ0v) is 10.5. The number of H-pyrrole nitrogens is 1. The highest BCUT2D eigenvalue weighted by molar-refractivity contribution is 5.75. The Labute approximate surface area is 113 Å². The van der Waals surface area contributed by atoms with Crippen molar-refractivity contribution in [2.24, 2.45) is 0 Å². The van der Waals surface area contributed by atoms with E-state index < -0.39 is 0 Å². The minimum Gasteiger partial charge on any atom is -0.423 e. The summed E-state index contributed by atoms with van der Waals surface area (Å²) in [7, 11) is 0. The number of para-hydroxylation sites is 1. The Morgan fingerprint density at radius 2 is 1.85 bits per heavy atom. The average molecular weight is 265 g/mol. The van der Waals surface area contributed by atoms with E-state index in [1.165, 1.54) is 6.07 Å². The van der Waals surface area contributed by atoms with Gasteiger partial charge in [-0.15, -0.1) is 0 Å². The van der Waals surface area contributed by atoms with Crippen molar-refractivity contribution in [3.63, 3.8) is 0 Å². The molecule has 0 aliphatic rings. The number of aromatic amines is 1. The van der Waals surface area contributed by atoms with Crippen molar-refractivity contribution < 1.29 is 4.42 Å². The second-order valence-corrected chi connectivity index (χ2v) is 4.07. The second kappa shape index (κ2) is 5.36. The third-order valence-corrected chi connectivity index (χ3v) is 2.72. The third-order valence-electron chi connectivity index (χ3n) is 2.72. The average Bonchev–Trinajstić information content (AvgIpc) is 2.96. The summed E-state index contributed by atoms with van der Waals surface area (Å²) < 4.78 is 4.91. The van der Waals surface area contributed by atoms with Crippen molar-refractivity contribution in [1.82, 2.24) is 15.0 Å². The first kappa shape index (κ1) is 12.1. The first-order chi connectivity index (χ1) is 9.83. The van der Waals surface area contributed by atoms with Crippen LogP contribution in [0.1, 0.15) is 0 Å². The summed E-state index contributed by atoms with van der Waals surface area (Å²) in [6, 6.07) is 14.4. The Morgan fingerprint density at radius 3 is 2.75 bits per heavy atom. The van der Waals surface area contributed by atoms with Crippen LogP contribution in [0, 0.1) is 0 Å². The standard InChI is InChI=1S/C9H6O2.C6H5N3/c10-9-6-5-7-3-1-2-4-8(7)11-9;1-2-5-6(7-3-1)9-4-8-5/h1-6H;1-4H,(H,7,8,9). The van der Waals surface area contributed by atoms with Gasteiger partial charge in [-0.2, -0.15) is 0 Å². The molecule has 3 aromatic heterocycles. The van der Waals surface area contributed by atoms with Crippen LogP contribution in [0.2, 0.25) is 0 Å². The van der Waals surface area contributed by atoms with E-state index in [4.69, 9.17) is 4.42 Å². The SMILES string of the molecule is O=c1ccc2ccccc2o1.c1cnc2nc[nH]c2c1. The Bertz CT molecular complexity index is 866. The summed E-state index contributed by atoms with van der Waals surface area (Å²) in [6.45, 7) is 0. The van der Waals surface area contributed by atoms with E-state index in [1.807, 2.05) is 30.3 Å². The summed E-state index contributed by atoms with van der Waals surface area (Å²) in [4.78, 5) is 21.6. The van der Waals surface area contributed by atoms with Gasteiger partial charge in [-0.1, -0.05) is 18.2 Å². The number of hydrogen-bond acceptors (Lipinski definition) is 4. The molecule has 0 atom stereocenters. The van der Waals surface area contributed by atoms with E-state index >= 15 is 0 Å². The highest BCUT2D eigenvalue weighted by Gasteiger charge is 1.92. The number of fused-ring (bicyclic) bond motifs is 2. The van der Waals surface area contributed by atoms with Gasteiger partial charge in [0.2, 0.25) is 0 Å². The lowest BCUT2D eigenvalue weighted by atomic mass is 10.2. The Balaban J connectivity index is 0.000000123. The van der Waals surface area contributed by atoms with E-state index in [0.29, 0.717) is 5.58 Å². The van der Waals surface area contributed by atoms with Crippen LogP contribution >= 0.6 is 0 Å². The topological polar surface area (TPSA) is 71.8 Å². The first-order valence-electron chi connectivity index (χ1n) is 6.06. The zero-order chi connectivity index (χ0) is 13.8. The van der Waals surface area contributed by atoms with Crippen LogP contribution in [-0.2, 0) is 0 Å². The second-order valence-electron chi connectivity index (χ2n) is 4.07. The molecule has 0 radical (unpaired) electrons. The van der Waals surface area contributed by atoms with Crippen LogP contribution in [0.25, 0.3) is 22.1 Å². The van der Waals surface area contributed by atoms with Gasteiger partial charge in [-0.25, -0.2) is 14.8 Å². The molecule has 0 fully saturated rings. The van der Waals surface area contributed by atoms with E-state index in [-0.39, 0.29) is 5.63 Å². The molecule has 0 spiro atoms. The van der Waals surface area contributed by atoms with Gasteiger partial charge in [-0.05, 0) is 24.3 Å². The lowest BCUT2D eigenvalue weighted by Gasteiger charge is -1.91. The number of pyridine rings is 1. The Morgan fingerprint density at radius 1 is 0.950 bits per heavy atom. The highest BCUT2D eigenvalue weighted by atomic mass is 16.4. The summed E-state index contributed by atoms with van der Waals surface area (Å²) in [6.07, 6.45) is 3.36. The molecule has 1 aromatic carbocycles. The summed E-state index contributed by atoms with van der Waals surface area (Å²) in [5.41, 5.74) is 2.10. The minimum atomic E-state index is -0.302. The molecular formula is C15H11N3O2. The molecule has 0 saturated carbocycles. The van der Waals surface area contributed by atoms with Crippen LogP contribution in [-0.4, -0.2) is 15.0 Å². The van der Waals surface area contributed by atoms with E-state index in [9.17, 15) is 4.79 Å². The van der Waals surface area contributed by atoms with E-state index in [2.05, 4.69) is 15.0 Å². The van der Waals surface area contributed by atoms with Gasteiger partial charge in [-0.3, -0.25) is 0 Å². The molecule has 5 heteroatoms. The van der Waals surface area contributed by atoms with Crippen molar-refractivity contribution in [1.29, 1.82) is 0 Å². The van der Waals surface area contributed by atoms with Gasteiger partial charge < -0.3 is 9.40 Å². The van der Waals surface area contributed by atoms with Crippen LogP contribution in [0.15, 0.2) is 70.3 Å². The van der Waals surface area contributed by atoms with Gasteiger partial charge in [0.25, 0.3) is 0 Å². The maximum Gasteiger partial charge on any atom is 0.336 e. The normalized spacial score (nSPS) is 10.2. The van der Waals surface area contributed by atoms with Crippen LogP contribution in [0.5, 0.6) is 0 Å². The molecule has 0 aliphatic heterocycles. The summed E-state index contributed by atoms with van der Waals surface area (Å²) in [5.74, 6) is 0. The fourth-order valence-electron chi connectivity index (χ4n) is 1.79. The molecule has 0 aliphatic carbocycles. The summed E-state index contributed by atoms with van der Waals surface area (Å²) in [5, 5.41) is 0.951. The van der Waals surface area contributed by atoms with Gasteiger partial charge in [0, 0.05) is 17.6 Å². The van der Waals surface area contributed by atoms with Crippen molar-refractivity contribution in [3.05, 3.63) is 71.5 Å².